The fourth-order valence-corrected chi connectivity index (χ4v) is 1.93. The van der Waals surface area contributed by atoms with Gasteiger partial charge < -0.3 is 5.32 Å². The van der Waals surface area contributed by atoms with E-state index in [1.807, 2.05) is 20.8 Å². The molecule has 106 valence electrons. The molecule has 1 heterocycles. The number of benzene rings is 1. The van der Waals surface area contributed by atoms with Gasteiger partial charge >= 0.3 is 6.18 Å². The zero-order chi connectivity index (χ0) is 14.6. The maximum Gasteiger partial charge on any atom is 0.416 e. The van der Waals surface area contributed by atoms with Gasteiger partial charge in [-0.15, -0.1) is 0 Å². The van der Waals surface area contributed by atoms with Crippen LogP contribution in [0.3, 0.4) is 0 Å². The van der Waals surface area contributed by atoms with Crippen molar-refractivity contribution in [3.8, 4) is 0 Å². The highest BCUT2D eigenvalue weighted by atomic mass is 19.4. The molecule has 1 N–H and O–H groups in total. The van der Waals surface area contributed by atoms with E-state index in [0.29, 0.717) is 5.69 Å². The van der Waals surface area contributed by atoms with Gasteiger partial charge in [-0.3, -0.25) is 4.79 Å². The average Bonchev–Trinajstić information content (AvgIpc) is 2.39. The van der Waals surface area contributed by atoms with Gasteiger partial charge in [0, 0.05) is 23.7 Å². The Morgan fingerprint density at radius 1 is 1.32 bits per heavy atom. The lowest BCUT2D eigenvalue weighted by Gasteiger charge is -2.25. The van der Waals surface area contributed by atoms with E-state index >= 15 is 0 Å². The number of hydrogen-bond donors (Lipinski definition) is 1. The molecule has 0 fully saturated rings. The third kappa shape index (κ3) is 3.49. The van der Waals surface area contributed by atoms with Crippen molar-refractivity contribution in [3.05, 3.63) is 29.3 Å². The number of anilines is 1. The zero-order valence-corrected chi connectivity index (χ0v) is 11.3. The van der Waals surface area contributed by atoms with Gasteiger partial charge in [0.05, 0.1) is 5.56 Å². The van der Waals surface area contributed by atoms with Gasteiger partial charge in [-0.1, -0.05) is 20.8 Å². The highest BCUT2D eigenvalue weighted by molar-refractivity contribution is 6.03. The zero-order valence-electron chi connectivity index (χ0n) is 11.3. The molecule has 1 atom stereocenters. The second-order valence-electron chi connectivity index (χ2n) is 4.13. The van der Waals surface area contributed by atoms with Crippen molar-refractivity contribution in [1.29, 1.82) is 0 Å². The Morgan fingerprint density at radius 3 is 2.47 bits per heavy atom. The summed E-state index contributed by atoms with van der Waals surface area (Å²) >= 11 is 0. The summed E-state index contributed by atoms with van der Waals surface area (Å²) < 4.78 is 37.5. The lowest BCUT2D eigenvalue weighted by molar-refractivity contribution is -0.137. The number of halogens is 3. The summed E-state index contributed by atoms with van der Waals surface area (Å²) in [5.74, 6) is -0.225. The van der Waals surface area contributed by atoms with Gasteiger partial charge in [-0.25, -0.2) is 0 Å². The molecule has 1 aromatic carbocycles. The third-order valence-electron chi connectivity index (χ3n) is 2.93. The third-order valence-corrected chi connectivity index (χ3v) is 2.93. The first kappa shape index (κ1) is 15.5. The second kappa shape index (κ2) is 6.08. The largest absolute Gasteiger partial charge is 0.416 e. The van der Waals surface area contributed by atoms with Crippen LogP contribution >= 0.6 is 0 Å². The van der Waals surface area contributed by atoms with Crippen LogP contribution in [-0.2, 0) is 6.18 Å². The summed E-state index contributed by atoms with van der Waals surface area (Å²) in [5.41, 5.74) is -0.132. The number of hydrogen-bond acceptors (Lipinski definition) is 2. The number of nitrogens with one attached hydrogen (secondary N) is 1. The minimum atomic E-state index is -4.41. The fourth-order valence-electron chi connectivity index (χ4n) is 1.93. The van der Waals surface area contributed by atoms with Crippen molar-refractivity contribution in [2.24, 2.45) is 0 Å². The van der Waals surface area contributed by atoms with Gasteiger partial charge in [-0.05, 0) is 24.6 Å². The van der Waals surface area contributed by atoms with E-state index in [4.69, 9.17) is 0 Å². The number of alkyl halides is 3. The van der Waals surface area contributed by atoms with Gasteiger partial charge in [0.1, 0.15) is 0 Å². The van der Waals surface area contributed by atoms with E-state index in [1.165, 1.54) is 6.07 Å². The molecule has 0 radical (unpaired) electrons. The Balaban J connectivity index is 0.000000861. The summed E-state index contributed by atoms with van der Waals surface area (Å²) in [5, 5.41) is 3.07. The van der Waals surface area contributed by atoms with Gasteiger partial charge in [0.15, 0.2) is 5.78 Å². The van der Waals surface area contributed by atoms with Crippen molar-refractivity contribution in [1.82, 2.24) is 0 Å². The predicted molar refractivity (Wildman–Crippen MR) is 69.4 cm³/mol. The molecule has 0 saturated heterocycles. The van der Waals surface area contributed by atoms with E-state index in [0.717, 1.165) is 18.6 Å². The highest BCUT2D eigenvalue weighted by Gasteiger charge is 2.33. The van der Waals surface area contributed by atoms with Crippen LogP contribution in [0.15, 0.2) is 18.2 Å². The number of fused-ring (bicyclic) bond motifs is 1. The van der Waals surface area contributed by atoms with E-state index in [2.05, 4.69) is 5.32 Å². The Labute approximate surface area is 111 Å². The van der Waals surface area contributed by atoms with Crippen molar-refractivity contribution in [3.63, 3.8) is 0 Å². The summed E-state index contributed by atoms with van der Waals surface area (Å²) in [6, 6.07) is 3.28. The molecule has 0 unspecified atom stereocenters. The van der Waals surface area contributed by atoms with Crippen LogP contribution in [0.1, 0.15) is 49.5 Å². The lowest BCUT2D eigenvalue weighted by atomic mass is 9.94. The van der Waals surface area contributed by atoms with Crippen LogP contribution in [0.2, 0.25) is 0 Å². The molecular formula is C14H18F3NO. The van der Waals surface area contributed by atoms with Gasteiger partial charge in [0.25, 0.3) is 0 Å². The number of carbonyl (C=O) groups is 1. The smallest absolute Gasteiger partial charge is 0.381 e. The Bertz CT molecular complexity index is 454. The Morgan fingerprint density at radius 2 is 1.95 bits per heavy atom. The highest BCUT2D eigenvalue weighted by Crippen LogP contribution is 2.34. The second-order valence-corrected chi connectivity index (χ2v) is 4.13. The number of carbonyl (C=O) groups excluding carboxylic acids is 1. The molecule has 2 nitrogen and oxygen atoms in total. The Hall–Kier alpha value is -1.52. The molecular weight excluding hydrogens is 255 g/mol. The van der Waals surface area contributed by atoms with Gasteiger partial charge in [-0.2, -0.15) is 13.2 Å². The maximum absolute atomic E-state index is 12.5. The summed E-state index contributed by atoms with van der Waals surface area (Å²) in [7, 11) is 0. The first-order valence-corrected chi connectivity index (χ1v) is 6.42. The van der Waals surface area contributed by atoms with E-state index in [9.17, 15) is 18.0 Å². The molecule has 1 aliphatic heterocycles. The van der Waals surface area contributed by atoms with E-state index < -0.39 is 11.7 Å². The summed E-state index contributed by atoms with van der Waals surface area (Å²) in [6.07, 6.45) is -3.38. The molecule has 0 saturated carbocycles. The first-order valence-electron chi connectivity index (χ1n) is 6.42. The van der Waals surface area contributed by atoms with Crippen LogP contribution in [0.4, 0.5) is 18.9 Å². The SMILES string of the molecule is CC.CC[C@@H]1CC(=O)c2cc(C(F)(F)F)ccc2N1. The molecule has 1 aromatic rings. The Kier molecular flexibility index (Phi) is 4.97. The molecule has 0 amide bonds. The molecule has 0 bridgehead atoms. The summed E-state index contributed by atoms with van der Waals surface area (Å²) in [4.78, 5) is 11.7. The van der Waals surface area contributed by atoms with Crippen molar-refractivity contribution < 1.29 is 18.0 Å². The normalized spacial score (nSPS) is 18.0. The van der Waals surface area contributed by atoms with Crippen molar-refractivity contribution in [2.45, 2.75) is 45.8 Å². The van der Waals surface area contributed by atoms with Crippen molar-refractivity contribution in [2.75, 3.05) is 5.32 Å². The minimum absolute atomic E-state index is 0.0201. The average molecular weight is 273 g/mol. The van der Waals surface area contributed by atoms with Crippen LogP contribution < -0.4 is 5.32 Å². The van der Waals surface area contributed by atoms with Crippen LogP contribution in [-0.4, -0.2) is 11.8 Å². The number of rotatable bonds is 1. The number of ketones is 1. The first-order chi connectivity index (χ1) is 8.91. The topological polar surface area (TPSA) is 29.1 Å². The van der Waals surface area contributed by atoms with Crippen LogP contribution in [0.5, 0.6) is 0 Å². The minimum Gasteiger partial charge on any atom is -0.381 e. The monoisotopic (exact) mass is 273 g/mol. The molecule has 0 aromatic heterocycles. The van der Waals surface area contributed by atoms with Crippen LogP contribution in [0, 0.1) is 0 Å². The lowest BCUT2D eigenvalue weighted by Crippen LogP contribution is -2.29. The molecule has 1 aliphatic rings. The molecule has 19 heavy (non-hydrogen) atoms. The standard InChI is InChI=1S/C12H12F3NO.C2H6/c1-2-8-6-11(17)9-5-7(12(13,14)15)3-4-10(9)16-8;1-2/h3-5,8,16H,2,6H2,1H3;1-2H3/t8-;/m1./s1. The summed E-state index contributed by atoms with van der Waals surface area (Å²) in [6.45, 7) is 5.93. The molecule has 0 aliphatic carbocycles. The predicted octanol–water partition coefficient (Wildman–Crippen LogP) is 4.51. The van der Waals surface area contributed by atoms with E-state index in [-0.39, 0.29) is 23.8 Å². The fraction of sp³-hybridized carbons (Fsp3) is 0.500. The van der Waals surface area contributed by atoms with Crippen molar-refractivity contribution >= 4 is 11.5 Å². The maximum atomic E-state index is 12.5. The molecule has 2 rings (SSSR count). The quantitative estimate of drug-likeness (QED) is 0.815. The van der Waals surface area contributed by atoms with Crippen LogP contribution in [0.25, 0.3) is 0 Å². The van der Waals surface area contributed by atoms with Gasteiger partial charge in [0.2, 0.25) is 0 Å². The van der Waals surface area contributed by atoms with E-state index in [1.54, 1.807) is 0 Å². The molecule has 5 heteroatoms. The number of Topliss-reactive ketones (excluding diaryl/α,β-unsaturated/α-hetero) is 1. The molecule has 0 spiro atoms.